The molecule has 0 bridgehead atoms. The maximum absolute atomic E-state index is 10.7. The van der Waals surface area contributed by atoms with Crippen LogP contribution < -0.4 is 0 Å². The molecule has 6 nitrogen and oxygen atoms in total. The molecule has 0 amide bonds. The van der Waals surface area contributed by atoms with Crippen LogP contribution in [0.4, 0.5) is 5.00 Å². The van der Waals surface area contributed by atoms with Gasteiger partial charge < -0.3 is 9.42 Å². The third-order valence-corrected chi connectivity index (χ3v) is 4.79. The van der Waals surface area contributed by atoms with Gasteiger partial charge in [-0.3, -0.25) is 10.1 Å². The first-order valence-corrected chi connectivity index (χ1v) is 8.91. The maximum Gasteiger partial charge on any atom is 0.324 e. The summed E-state index contributed by atoms with van der Waals surface area (Å²) in [7, 11) is 2.01. The number of hydrogen-bond donors (Lipinski definition) is 0. The molecule has 0 spiro atoms. The van der Waals surface area contributed by atoms with Gasteiger partial charge in [0.05, 0.1) is 4.92 Å². The van der Waals surface area contributed by atoms with Crippen molar-refractivity contribution in [3.05, 3.63) is 69.3 Å². The van der Waals surface area contributed by atoms with Crippen LogP contribution >= 0.6 is 11.3 Å². The minimum Gasteiger partial charge on any atom is -0.361 e. The molecular weight excluding hydrogens is 338 g/mol. The highest BCUT2D eigenvalue weighted by molar-refractivity contribution is 7.13. The first kappa shape index (κ1) is 17.3. The first-order chi connectivity index (χ1) is 12.1. The van der Waals surface area contributed by atoms with Gasteiger partial charge in [0.15, 0.2) is 0 Å². The second-order valence-corrected chi connectivity index (χ2v) is 6.83. The van der Waals surface area contributed by atoms with Crippen LogP contribution in [0.25, 0.3) is 11.3 Å². The van der Waals surface area contributed by atoms with Gasteiger partial charge in [0.25, 0.3) is 0 Å². The van der Waals surface area contributed by atoms with Crippen LogP contribution in [0.5, 0.6) is 0 Å². The topological polar surface area (TPSA) is 72.4 Å². The standard InChI is InChI=1S/C18H19N3O3S/c1-20(12-14-10-18(21(22)23)25-13-14)9-5-8-16-11-17(19-24-16)15-6-3-2-4-7-15/h2-4,6-7,10-11,13H,5,8-9,12H2,1H3. The van der Waals surface area contributed by atoms with Gasteiger partial charge >= 0.3 is 5.00 Å². The molecule has 2 aromatic heterocycles. The van der Waals surface area contributed by atoms with E-state index in [1.165, 1.54) is 11.3 Å². The Morgan fingerprint density at radius 3 is 2.80 bits per heavy atom. The fourth-order valence-corrected chi connectivity index (χ4v) is 3.35. The zero-order valence-electron chi connectivity index (χ0n) is 13.9. The molecule has 2 heterocycles. The molecule has 25 heavy (non-hydrogen) atoms. The van der Waals surface area contributed by atoms with E-state index in [1.54, 1.807) is 6.07 Å². The molecular formula is C18H19N3O3S. The van der Waals surface area contributed by atoms with Crippen molar-refractivity contribution >= 4 is 16.3 Å². The minimum absolute atomic E-state index is 0.193. The third kappa shape index (κ3) is 4.74. The van der Waals surface area contributed by atoms with Crippen molar-refractivity contribution in [1.29, 1.82) is 0 Å². The van der Waals surface area contributed by atoms with Gasteiger partial charge in [-0.15, -0.1) is 0 Å². The van der Waals surface area contributed by atoms with Gasteiger partial charge in [-0.05, 0) is 25.6 Å². The van der Waals surface area contributed by atoms with Crippen molar-refractivity contribution in [1.82, 2.24) is 10.1 Å². The predicted octanol–water partition coefficient (Wildman–Crippen LogP) is 4.38. The maximum atomic E-state index is 10.7. The first-order valence-electron chi connectivity index (χ1n) is 8.03. The summed E-state index contributed by atoms with van der Waals surface area (Å²) in [6, 6.07) is 13.6. The van der Waals surface area contributed by atoms with Crippen LogP contribution in [0.1, 0.15) is 17.7 Å². The van der Waals surface area contributed by atoms with E-state index in [0.29, 0.717) is 6.54 Å². The average molecular weight is 357 g/mol. The molecule has 0 saturated carbocycles. The van der Waals surface area contributed by atoms with E-state index >= 15 is 0 Å². The third-order valence-electron chi connectivity index (χ3n) is 3.86. The van der Waals surface area contributed by atoms with Crippen molar-refractivity contribution in [2.24, 2.45) is 0 Å². The molecule has 0 radical (unpaired) electrons. The molecule has 0 fully saturated rings. The number of aryl methyl sites for hydroxylation is 1. The number of nitro groups is 1. The summed E-state index contributed by atoms with van der Waals surface area (Å²) in [6.07, 6.45) is 1.75. The van der Waals surface area contributed by atoms with Gasteiger partial charge in [-0.1, -0.05) is 46.8 Å². The Kier molecular flexibility index (Phi) is 5.57. The summed E-state index contributed by atoms with van der Waals surface area (Å²) >= 11 is 1.17. The number of nitrogens with zero attached hydrogens (tertiary/aromatic N) is 3. The second kappa shape index (κ2) is 8.04. The Bertz CT molecular complexity index is 829. The van der Waals surface area contributed by atoms with Gasteiger partial charge in [0.2, 0.25) is 0 Å². The van der Waals surface area contributed by atoms with E-state index < -0.39 is 0 Å². The zero-order chi connectivity index (χ0) is 17.6. The van der Waals surface area contributed by atoms with Gasteiger partial charge in [0, 0.05) is 36.0 Å². The number of hydrogen-bond acceptors (Lipinski definition) is 6. The number of rotatable bonds is 8. The molecule has 0 aliphatic carbocycles. The van der Waals surface area contributed by atoms with E-state index in [4.69, 9.17) is 4.52 Å². The molecule has 7 heteroatoms. The lowest BCUT2D eigenvalue weighted by Gasteiger charge is -2.14. The lowest BCUT2D eigenvalue weighted by atomic mass is 10.1. The van der Waals surface area contributed by atoms with Crippen molar-refractivity contribution in [3.63, 3.8) is 0 Å². The number of aromatic nitrogens is 1. The SMILES string of the molecule is CN(CCCc1cc(-c2ccccc2)no1)Cc1csc([N+](=O)[O-])c1. The van der Waals surface area contributed by atoms with E-state index in [9.17, 15) is 10.1 Å². The summed E-state index contributed by atoms with van der Waals surface area (Å²) in [5.41, 5.74) is 2.88. The van der Waals surface area contributed by atoms with Crippen LogP contribution in [0.3, 0.4) is 0 Å². The highest BCUT2D eigenvalue weighted by Crippen LogP contribution is 2.23. The van der Waals surface area contributed by atoms with Crippen molar-refractivity contribution < 1.29 is 9.45 Å². The summed E-state index contributed by atoms with van der Waals surface area (Å²) in [4.78, 5) is 12.5. The number of benzene rings is 1. The van der Waals surface area contributed by atoms with Crippen molar-refractivity contribution in [2.45, 2.75) is 19.4 Å². The van der Waals surface area contributed by atoms with Gasteiger partial charge in [-0.25, -0.2) is 0 Å². The predicted molar refractivity (Wildman–Crippen MR) is 97.6 cm³/mol. The highest BCUT2D eigenvalue weighted by Gasteiger charge is 2.11. The van der Waals surface area contributed by atoms with Crippen molar-refractivity contribution in [3.8, 4) is 11.3 Å². The Morgan fingerprint density at radius 1 is 1.28 bits per heavy atom. The minimum atomic E-state index is -0.345. The Labute approximate surface area is 149 Å². The average Bonchev–Trinajstić information content (AvgIpc) is 3.25. The molecule has 0 aliphatic heterocycles. The van der Waals surface area contributed by atoms with Crippen LogP contribution in [-0.2, 0) is 13.0 Å². The van der Waals surface area contributed by atoms with Crippen LogP contribution in [0.15, 0.2) is 52.4 Å². The molecule has 0 saturated heterocycles. The van der Waals surface area contributed by atoms with Crippen LogP contribution in [0.2, 0.25) is 0 Å². The fraction of sp³-hybridized carbons (Fsp3) is 0.278. The van der Waals surface area contributed by atoms with Crippen LogP contribution in [0, 0.1) is 10.1 Å². The molecule has 0 atom stereocenters. The summed E-state index contributed by atoms with van der Waals surface area (Å²) in [5, 5.41) is 16.9. The van der Waals surface area contributed by atoms with E-state index in [0.717, 1.165) is 42.0 Å². The molecule has 0 aliphatic rings. The lowest BCUT2D eigenvalue weighted by molar-refractivity contribution is -0.380. The monoisotopic (exact) mass is 357 g/mol. The molecule has 3 aromatic rings. The smallest absolute Gasteiger partial charge is 0.324 e. The van der Waals surface area contributed by atoms with E-state index in [-0.39, 0.29) is 9.92 Å². The van der Waals surface area contributed by atoms with Gasteiger partial charge in [0.1, 0.15) is 11.5 Å². The Hall–Kier alpha value is -2.51. The molecule has 3 rings (SSSR count). The fourth-order valence-electron chi connectivity index (χ4n) is 2.63. The largest absolute Gasteiger partial charge is 0.361 e. The Balaban J connectivity index is 1.46. The van der Waals surface area contributed by atoms with E-state index in [1.807, 2.05) is 48.8 Å². The van der Waals surface area contributed by atoms with Crippen LogP contribution in [-0.4, -0.2) is 28.6 Å². The van der Waals surface area contributed by atoms with Crippen molar-refractivity contribution in [2.75, 3.05) is 13.6 Å². The van der Waals surface area contributed by atoms with E-state index in [2.05, 4.69) is 10.1 Å². The molecule has 0 unspecified atom stereocenters. The lowest BCUT2D eigenvalue weighted by Crippen LogP contribution is -2.19. The highest BCUT2D eigenvalue weighted by atomic mass is 32.1. The summed E-state index contributed by atoms with van der Waals surface area (Å²) in [6.45, 7) is 1.58. The summed E-state index contributed by atoms with van der Waals surface area (Å²) < 4.78 is 5.41. The summed E-state index contributed by atoms with van der Waals surface area (Å²) in [5.74, 6) is 0.874. The molecule has 0 N–H and O–H groups in total. The van der Waals surface area contributed by atoms with Gasteiger partial charge in [-0.2, -0.15) is 0 Å². The molecule has 130 valence electrons. The molecule has 1 aromatic carbocycles. The zero-order valence-corrected chi connectivity index (χ0v) is 14.7. The Morgan fingerprint density at radius 2 is 2.08 bits per heavy atom. The normalized spacial score (nSPS) is 11.1. The number of thiophene rings is 1. The quantitative estimate of drug-likeness (QED) is 0.442. The second-order valence-electron chi connectivity index (χ2n) is 5.94.